The van der Waals surface area contributed by atoms with Gasteiger partial charge in [0.05, 0.1) is 58.1 Å². The fraction of sp³-hybridized carbons (Fsp3) is 0.0571. The van der Waals surface area contributed by atoms with E-state index in [9.17, 15) is 56.7 Å². The van der Waals surface area contributed by atoms with Crippen molar-refractivity contribution in [2.75, 3.05) is 24.9 Å². The normalized spacial score (nSPS) is 12.6. The highest BCUT2D eigenvalue weighted by molar-refractivity contribution is 7.87. The number of methoxy groups -OCH3 is 2. The maximum absolute atomic E-state index is 13.0. The van der Waals surface area contributed by atoms with E-state index in [1.54, 1.807) is 0 Å². The molecule has 0 saturated heterocycles. The number of ether oxygens (including phenoxy) is 2. The molecular formula is C35H28N6O15S4. The maximum atomic E-state index is 13.0. The van der Waals surface area contributed by atoms with Crippen molar-refractivity contribution in [1.82, 2.24) is 0 Å². The average molecular weight is 901 g/mol. The number of hydrogen-bond donors (Lipinski definition) is 6. The predicted octanol–water partition coefficient (Wildman–Crippen LogP) is 7.47. The Morgan fingerprint density at radius 1 is 0.467 bits per heavy atom. The SMILES string of the molecule is COc1cc(N=Nc2ccc3cc(S(=O)(=O)O)cc(S(=O)(=O)O)c3c2)ccc1NC(=O)Nc1ccc(N=Nc2ccc3cc(S(=O)(=O)O)cc(S(=O)(=O)O)c3c2)cc1OC. The zero-order chi connectivity index (χ0) is 43.8. The largest absolute Gasteiger partial charge is 0.494 e. The molecule has 0 fully saturated rings. The van der Waals surface area contributed by atoms with Crippen molar-refractivity contribution < 1.29 is 66.2 Å². The Hall–Kier alpha value is -6.45. The van der Waals surface area contributed by atoms with Gasteiger partial charge in [-0.3, -0.25) is 18.2 Å². The number of rotatable bonds is 12. The molecule has 6 N–H and O–H groups in total. The highest BCUT2D eigenvalue weighted by atomic mass is 32.2. The van der Waals surface area contributed by atoms with Crippen molar-refractivity contribution in [3.63, 3.8) is 0 Å². The van der Waals surface area contributed by atoms with Gasteiger partial charge in [0.25, 0.3) is 40.5 Å². The van der Waals surface area contributed by atoms with Crippen molar-refractivity contribution in [2.45, 2.75) is 19.6 Å². The first-order chi connectivity index (χ1) is 28.0. The number of fused-ring (bicyclic) bond motifs is 2. The summed E-state index contributed by atoms with van der Waals surface area (Å²) in [4.78, 5) is 10.0. The van der Waals surface area contributed by atoms with Crippen molar-refractivity contribution in [3.05, 3.63) is 97.1 Å². The number of carbonyl (C=O) groups excluding carboxylic acids is 1. The van der Waals surface area contributed by atoms with Crippen LogP contribution in [-0.2, 0) is 40.5 Å². The van der Waals surface area contributed by atoms with Gasteiger partial charge in [0.2, 0.25) is 0 Å². The van der Waals surface area contributed by atoms with Crippen LogP contribution in [0.15, 0.2) is 137 Å². The van der Waals surface area contributed by atoms with Crippen LogP contribution in [0.4, 0.5) is 38.9 Å². The Bertz CT molecular complexity index is 3050. The molecule has 0 spiro atoms. The zero-order valence-corrected chi connectivity index (χ0v) is 33.7. The van der Waals surface area contributed by atoms with Gasteiger partial charge in [-0.05, 0) is 83.6 Å². The van der Waals surface area contributed by atoms with Crippen LogP contribution in [0, 0.1) is 0 Å². The second kappa shape index (κ2) is 16.3. The molecule has 6 aromatic rings. The third-order valence-electron chi connectivity index (χ3n) is 8.33. The van der Waals surface area contributed by atoms with Gasteiger partial charge in [0.1, 0.15) is 21.3 Å². The third-order valence-corrected chi connectivity index (χ3v) is 11.8. The number of nitrogens with zero attached hydrogens (tertiary/aromatic N) is 4. The van der Waals surface area contributed by atoms with E-state index in [1.807, 2.05) is 0 Å². The van der Waals surface area contributed by atoms with Gasteiger partial charge in [0, 0.05) is 22.9 Å². The van der Waals surface area contributed by atoms with Crippen molar-refractivity contribution in [1.29, 1.82) is 0 Å². The van der Waals surface area contributed by atoms with Crippen molar-refractivity contribution in [2.24, 2.45) is 20.5 Å². The van der Waals surface area contributed by atoms with Crippen LogP contribution in [0.3, 0.4) is 0 Å². The van der Waals surface area contributed by atoms with Crippen LogP contribution in [-0.4, -0.2) is 72.1 Å². The number of anilines is 2. The summed E-state index contributed by atoms with van der Waals surface area (Å²) in [6.07, 6.45) is 0. The maximum Gasteiger partial charge on any atom is 0.323 e. The highest BCUT2D eigenvalue weighted by Crippen LogP contribution is 2.36. The van der Waals surface area contributed by atoms with Gasteiger partial charge in [-0.1, -0.05) is 12.1 Å². The topological polar surface area (TPSA) is 327 Å². The summed E-state index contributed by atoms with van der Waals surface area (Å²) in [5.74, 6) is 0.316. The van der Waals surface area contributed by atoms with E-state index in [0.717, 1.165) is 12.1 Å². The number of benzene rings is 6. The number of urea groups is 1. The van der Waals surface area contributed by atoms with Crippen LogP contribution in [0.1, 0.15) is 0 Å². The van der Waals surface area contributed by atoms with E-state index in [-0.39, 0.29) is 67.2 Å². The molecule has 0 aliphatic carbocycles. The molecule has 0 aromatic heterocycles. The minimum absolute atomic E-state index is 0.0637. The van der Waals surface area contributed by atoms with Gasteiger partial charge >= 0.3 is 6.03 Å². The molecule has 312 valence electrons. The lowest BCUT2D eigenvalue weighted by Gasteiger charge is -2.13. The predicted molar refractivity (Wildman–Crippen MR) is 214 cm³/mol. The Morgan fingerprint density at radius 3 is 1.12 bits per heavy atom. The molecule has 60 heavy (non-hydrogen) atoms. The molecule has 6 aromatic carbocycles. The summed E-state index contributed by atoms with van der Waals surface area (Å²) in [6.45, 7) is 0. The zero-order valence-electron chi connectivity index (χ0n) is 30.4. The van der Waals surface area contributed by atoms with E-state index < -0.39 is 66.1 Å². The summed E-state index contributed by atoms with van der Waals surface area (Å²) >= 11 is 0. The van der Waals surface area contributed by atoms with Gasteiger partial charge in [-0.15, -0.1) is 0 Å². The third kappa shape index (κ3) is 9.87. The van der Waals surface area contributed by atoms with Crippen molar-refractivity contribution in [3.8, 4) is 11.5 Å². The van der Waals surface area contributed by atoms with E-state index in [0.29, 0.717) is 12.1 Å². The fourth-order valence-electron chi connectivity index (χ4n) is 5.62. The molecule has 0 atom stereocenters. The second-order valence-corrected chi connectivity index (χ2v) is 17.9. The van der Waals surface area contributed by atoms with Gasteiger partial charge in [-0.25, -0.2) is 4.79 Å². The van der Waals surface area contributed by atoms with E-state index >= 15 is 0 Å². The monoisotopic (exact) mass is 900 g/mol. The number of nitrogens with one attached hydrogen (secondary N) is 2. The smallest absolute Gasteiger partial charge is 0.323 e. The molecule has 0 radical (unpaired) electrons. The minimum Gasteiger partial charge on any atom is -0.494 e. The van der Waals surface area contributed by atoms with Gasteiger partial charge in [0.15, 0.2) is 0 Å². The summed E-state index contributed by atoms with van der Waals surface area (Å²) in [5, 5.41) is 21.6. The Balaban J connectivity index is 1.17. The fourth-order valence-corrected chi connectivity index (χ4v) is 8.31. The molecule has 25 heteroatoms. The molecule has 21 nitrogen and oxygen atoms in total. The van der Waals surface area contributed by atoms with Gasteiger partial charge < -0.3 is 20.1 Å². The van der Waals surface area contributed by atoms with Gasteiger partial charge in [-0.2, -0.15) is 54.1 Å². The summed E-state index contributed by atoms with van der Waals surface area (Å²) in [6, 6.07) is 19.1. The second-order valence-electron chi connectivity index (χ2n) is 12.3. The average Bonchev–Trinajstić information content (AvgIpc) is 3.17. The standard InChI is InChI=1S/C35H28N6O15S4/c1-55-31-15-23(40-38-21-5-3-19-11-25(57(43,44)45)17-33(27(19)13-21)59(49,50)51)7-9-29(31)36-35(42)37-30-10-8-24(16-32(30)56-2)41-39-22-6-4-20-12-26(58(46,47)48)18-34(28(20)14-22)60(52,53)54/h3-18H,1-2H3,(H2,36,37,42)(H,43,44,45)(H,46,47,48)(H,49,50,51)(H,52,53,54). The molecule has 0 heterocycles. The van der Waals surface area contributed by atoms with E-state index in [4.69, 9.17) is 9.47 Å². The quantitative estimate of drug-likeness (QED) is 0.0512. The summed E-state index contributed by atoms with van der Waals surface area (Å²) in [5.41, 5.74) is 1.09. The number of azo groups is 2. The summed E-state index contributed by atoms with van der Waals surface area (Å²) < 4.78 is 144. The first kappa shape index (κ1) is 43.1. The van der Waals surface area contributed by atoms with Crippen LogP contribution < -0.4 is 20.1 Å². The van der Waals surface area contributed by atoms with Crippen LogP contribution in [0.5, 0.6) is 11.5 Å². The van der Waals surface area contributed by atoms with Crippen LogP contribution in [0.2, 0.25) is 0 Å². The molecule has 2 amide bonds. The lowest BCUT2D eigenvalue weighted by molar-refractivity contribution is 0.262. The molecule has 6 rings (SSSR count). The van der Waals surface area contributed by atoms with Crippen LogP contribution in [0.25, 0.3) is 21.5 Å². The Morgan fingerprint density at radius 2 is 0.800 bits per heavy atom. The molecule has 0 unspecified atom stereocenters. The first-order valence-electron chi connectivity index (χ1n) is 16.4. The Labute approximate surface area is 340 Å². The minimum atomic E-state index is -4.93. The lowest BCUT2D eigenvalue weighted by atomic mass is 10.1. The van der Waals surface area contributed by atoms with E-state index in [2.05, 4.69) is 31.1 Å². The highest BCUT2D eigenvalue weighted by Gasteiger charge is 2.22. The lowest BCUT2D eigenvalue weighted by Crippen LogP contribution is -2.20. The number of carbonyl (C=O) groups is 1. The number of hydrogen-bond acceptors (Lipinski definition) is 15. The molecule has 0 saturated carbocycles. The molecule has 0 bridgehead atoms. The summed E-state index contributed by atoms with van der Waals surface area (Å²) in [7, 11) is -16.8. The molecule has 0 aliphatic heterocycles. The first-order valence-corrected chi connectivity index (χ1v) is 22.1. The molecular weight excluding hydrogens is 873 g/mol. The molecule has 0 aliphatic rings. The number of amides is 2. The van der Waals surface area contributed by atoms with Crippen molar-refractivity contribution >= 4 is 102 Å². The Kier molecular flexibility index (Phi) is 11.7. The van der Waals surface area contributed by atoms with Crippen LogP contribution >= 0.6 is 0 Å². The van der Waals surface area contributed by atoms with E-state index in [1.165, 1.54) is 87.0 Å².